The van der Waals surface area contributed by atoms with Gasteiger partial charge in [-0.25, -0.2) is 4.39 Å². The van der Waals surface area contributed by atoms with E-state index in [9.17, 15) is 19.3 Å². The fourth-order valence-corrected chi connectivity index (χ4v) is 3.87. The van der Waals surface area contributed by atoms with Crippen molar-refractivity contribution >= 4 is 40.4 Å². The van der Waals surface area contributed by atoms with Crippen molar-refractivity contribution in [1.29, 1.82) is 0 Å². The molecule has 0 atom stereocenters. The molecule has 0 bridgehead atoms. The van der Waals surface area contributed by atoms with E-state index >= 15 is 0 Å². The maximum atomic E-state index is 13.2. The van der Waals surface area contributed by atoms with E-state index in [2.05, 4.69) is 15.5 Å². The number of thiophene rings is 1. The van der Waals surface area contributed by atoms with Crippen LogP contribution in [-0.2, 0) is 11.3 Å². The molecular weight excluding hydrogens is 393 g/mol. The Balaban J connectivity index is 1.69. The van der Waals surface area contributed by atoms with Gasteiger partial charge in [-0.3, -0.25) is 14.9 Å². The first-order valence-electron chi connectivity index (χ1n) is 7.83. The zero-order chi connectivity index (χ0) is 19.4. The summed E-state index contributed by atoms with van der Waals surface area (Å²) in [5.74, 6) is -0.495. The second-order valence-corrected chi connectivity index (χ2v) is 7.17. The standard InChI is InChI=1S/C16H14FN5O3S2/c1-2-21-15(13-4-3-7-26-13)19-20-16(21)27-9-14(23)18-11-6-5-10(17)8-12(11)22(24)25/h3-8H,2,9H2,1H3,(H,18,23). The average molecular weight is 407 g/mol. The van der Waals surface area contributed by atoms with Gasteiger partial charge in [0.05, 0.1) is 21.6 Å². The molecule has 27 heavy (non-hydrogen) atoms. The van der Waals surface area contributed by atoms with Crippen LogP contribution in [0.5, 0.6) is 0 Å². The molecule has 2 heterocycles. The third kappa shape index (κ3) is 4.31. The van der Waals surface area contributed by atoms with Gasteiger partial charge in [-0.2, -0.15) is 0 Å². The van der Waals surface area contributed by atoms with Crippen molar-refractivity contribution in [3.63, 3.8) is 0 Å². The third-order valence-electron chi connectivity index (χ3n) is 3.54. The van der Waals surface area contributed by atoms with Crippen LogP contribution in [0.1, 0.15) is 6.92 Å². The van der Waals surface area contributed by atoms with Crippen molar-refractivity contribution in [2.75, 3.05) is 11.1 Å². The molecule has 0 aliphatic heterocycles. The van der Waals surface area contributed by atoms with Crippen LogP contribution in [0.3, 0.4) is 0 Å². The summed E-state index contributed by atoms with van der Waals surface area (Å²) in [7, 11) is 0. The number of anilines is 1. The third-order valence-corrected chi connectivity index (χ3v) is 5.37. The highest BCUT2D eigenvalue weighted by Crippen LogP contribution is 2.28. The smallest absolute Gasteiger partial charge is 0.295 e. The molecule has 1 N–H and O–H groups in total. The van der Waals surface area contributed by atoms with E-state index in [1.54, 1.807) is 11.3 Å². The average Bonchev–Trinajstić information content (AvgIpc) is 3.30. The Labute approximate surface area is 161 Å². The number of thioether (sulfide) groups is 1. The summed E-state index contributed by atoms with van der Waals surface area (Å²) in [6.07, 6.45) is 0. The van der Waals surface area contributed by atoms with E-state index in [1.807, 2.05) is 29.0 Å². The number of rotatable bonds is 7. The first kappa shape index (κ1) is 19.0. The summed E-state index contributed by atoms with van der Waals surface area (Å²) < 4.78 is 15.1. The monoisotopic (exact) mass is 407 g/mol. The maximum absolute atomic E-state index is 13.2. The van der Waals surface area contributed by atoms with E-state index in [-0.39, 0.29) is 11.4 Å². The molecule has 0 unspecified atom stereocenters. The lowest BCUT2D eigenvalue weighted by atomic mass is 10.2. The van der Waals surface area contributed by atoms with Crippen LogP contribution in [0.15, 0.2) is 40.9 Å². The van der Waals surface area contributed by atoms with Gasteiger partial charge in [-0.1, -0.05) is 17.8 Å². The fourth-order valence-electron chi connectivity index (χ4n) is 2.35. The molecule has 3 rings (SSSR count). The van der Waals surface area contributed by atoms with Gasteiger partial charge in [0.1, 0.15) is 11.5 Å². The van der Waals surface area contributed by atoms with Crippen molar-refractivity contribution in [2.45, 2.75) is 18.6 Å². The zero-order valence-electron chi connectivity index (χ0n) is 14.1. The summed E-state index contributed by atoms with van der Waals surface area (Å²) in [6.45, 7) is 2.58. The first-order chi connectivity index (χ1) is 13.0. The Morgan fingerprint density at radius 2 is 2.22 bits per heavy atom. The van der Waals surface area contributed by atoms with Gasteiger partial charge in [-0.05, 0) is 30.5 Å². The number of carbonyl (C=O) groups excluding carboxylic acids is 1. The minimum absolute atomic E-state index is 0.0168. The molecule has 0 fully saturated rings. The Hall–Kier alpha value is -2.79. The molecule has 140 valence electrons. The Kier molecular flexibility index (Phi) is 5.81. The molecule has 0 aliphatic rings. The van der Waals surface area contributed by atoms with E-state index in [1.165, 1.54) is 17.8 Å². The Morgan fingerprint density at radius 1 is 1.41 bits per heavy atom. The van der Waals surface area contributed by atoms with Crippen LogP contribution in [-0.4, -0.2) is 31.3 Å². The second-order valence-electron chi connectivity index (χ2n) is 5.28. The SMILES string of the molecule is CCn1c(SCC(=O)Nc2ccc(F)cc2[N+](=O)[O-])nnc1-c1cccs1. The fraction of sp³-hybridized carbons (Fsp3) is 0.188. The van der Waals surface area contributed by atoms with Gasteiger partial charge >= 0.3 is 0 Å². The molecule has 1 amide bonds. The minimum atomic E-state index is -0.744. The van der Waals surface area contributed by atoms with Gasteiger partial charge < -0.3 is 9.88 Å². The number of nitrogens with one attached hydrogen (secondary N) is 1. The lowest BCUT2D eigenvalue weighted by molar-refractivity contribution is -0.384. The second kappa shape index (κ2) is 8.27. The molecular formula is C16H14FN5O3S2. The summed E-state index contributed by atoms with van der Waals surface area (Å²) >= 11 is 2.72. The van der Waals surface area contributed by atoms with E-state index in [0.29, 0.717) is 11.7 Å². The van der Waals surface area contributed by atoms with Gasteiger partial charge in [0.2, 0.25) is 5.91 Å². The normalized spacial score (nSPS) is 10.7. The number of benzene rings is 1. The predicted octanol–water partition coefficient (Wildman–Crippen LogP) is 3.80. The topological polar surface area (TPSA) is 103 Å². The Morgan fingerprint density at radius 3 is 2.89 bits per heavy atom. The van der Waals surface area contributed by atoms with Crippen molar-refractivity contribution in [1.82, 2.24) is 14.8 Å². The van der Waals surface area contributed by atoms with Crippen molar-refractivity contribution in [3.8, 4) is 10.7 Å². The summed E-state index contributed by atoms with van der Waals surface area (Å²) in [4.78, 5) is 23.4. The van der Waals surface area contributed by atoms with Crippen LogP contribution < -0.4 is 5.32 Å². The highest BCUT2D eigenvalue weighted by molar-refractivity contribution is 7.99. The number of carbonyl (C=O) groups is 1. The molecule has 2 aromatic heterocycles. The van der Waals surface area contributed by atoms with E-state index in [0.717, 1.165) is 22.8 Å². The summed E-state index contributed by atoms with van der Waals surface area (Å²) in [5.41, 5.74) is -0.548. The van der Waals surface area contributed by atoms with Gasteiger partial charge in [-0.15, -0.1) is 21.5 Å². The van der Waals surface area contributed by atoms with Gasteiger partial charge in [0, 0.05) is 6.54 Å². The minimum Gasteiger partial charge on any atom is -0.320 e. The summed E-state index contributed by atoms with van der Waals surface area (Å²) in [5, 5.41) is 24.3. The van der Waals surface area contributed by atoms with Crippen molar-refractivity contribution < 1.29 is 14.1 Å². The number of aromatic nitrogens is 3. The molecule has 1 aromatic carbocycles. The van der Waals surface area contributed by atoms with Gasteiger partial charge in [0.25, 0.3) is 5.69 Å². The van der Waals surface area contributed by atoms with Crippen LogP contribution in [0.4, 0.5) is 15.8 Å². The van der Waals surface area contributed by atoms with Crippen LogP contribution in [0, 0.1) is 15.9 Å². The van der Waals surface area contributed by atoms with Crippen LogP contribution in [0.25, 0.3) is 10.7 Å². The highest BCUT2D eigenvalue weighted by Gasteiger charge is 2.19. The molecule has 0 saturated heterocycles. The lowest BCUT2D eigenvalue weighted by Crippen LogP contribution is -2.15. The predicted molar refractivity (Wildman–Crippen MR) is 101 cm³/mol. The number of amides is 1. The van der Waals surface area contributed by atoms with Crippen LogP contribution in [0.2, 0.25) is 0 Å². The van der Waals surface area contributed by atoms with Crippen LogP contribution >= 0.6 is 23.1 Å². The highest BCUT2D eigenvalue weighted by atomic mass is 32.2. The van der Waals surface area contributed by atoms with Crippen molar-refractivity contribution in [2.24, 2.45) is 0 Å². The quantitative estimate of drug-likeness (QED) is 0.363. The molecule has 11 heteroatoms. The zero-order valence-corrected chi connectivity index (χ0v) is 15.7. The molecule has 8 nitrogen and oxygen atoms in total. The Bertz CT molecular complexity index is 975. The molecule has 0 saturated carbocycles. The number of hydrogen-bond acceptors (Lipinski definition) is 7. The first-order valence-corrected chi connectivity index (χ1v) is 9.69. The number of nitro benzene ring substituents is 1. The maximum Gasteiger partial charge on any atom is 0.295 e. The molecule has 0 aliphatic carbocycles. The van der Waals surface area contributed by atoms with Gasteiger partial charge in [0.15, 0.2) is 11.0 Å². The van der Waals surface area contributed by atoms with E-state index < -0.39 is 22.3 Å². The summed E-state index contributed by atoms with van der Waals surface area (Å²) in [6, 6.07) is 6.85. The number of nitro groups is 1. The molecule has 0 radical (unpaired) electrons. The number of halogens is 1. The molecule has 0 spiro atoms. The number of hydrogen-bond donors (Lipinski definition) is 1. The van der Waals surface area contributed by atoms with Crippen molar-refractivity contribution in [3.05, 3.63) is 51.6 Å². The molecule has 3 aromatic rings. The van der Waals surface area contributed by atoms with E-state index in [4.69, 9.17) is 0 Å². The lowest BCUT2D eigenvalue weighted by Gasteiger charge is -2.07. The number of nitrogens with zero attached hydrogens (tertiary/aromatic N) is 4. The largest absolute Gasteiger partial charge is 0.320 e.